The summed E-state index contributed by atoms with van der Waals surface area (Å²) in [7, 11) is 0. The third kappa shape index (κ3) is 1.75. The monoisotopic (exact) mass is 162 g/mol. The highest BCUT2D eigenvalue weighted by molar-refractivity contribution is 5.86. The fraction of sp³-hybridized carbons (Fsp3) is 0.833. The smallest absolute Gasteiger partial charge is 0.189 e. The molecule has 0 aromatic carbocycles. The second-order valence-electron chi connectivity index (χ2n) is 2.40. The van der Waals surface area contributed by atoms with Crippen LogP contribution in [-0.2, 0) is 9.53 Å². The van der Waals surface area contributed by atoms with E-state index in [0.717, 1.165) is 0 Å². The second-order valence-corrected chi connectivity index (χ2v) is 2.40. The fourth-order valence-electron chi connectivity index (χ4n) is 0.869. The second kappa shape index (κ2) is 3.27. The van der Waals surface area contributed by atoms with Crippen LogP contribution in [0.1, 0.15) is 0 Å². The van der Waals surface area contributed by atoms with Gasteiger partial charge in [-0.2, -0.15) is 0 Å². The predicted octanol–water partition coefficient (Wildman–Crippen LogP) is -2.33. The number of ether oxygens (including phenoxy) is 1. The van der Waals surface area contributed by atoms with Gasteiger partial charge in [-0.1, -0.05) is 0 Å². The van der Waals surface area contributed by atoms with Gasteiger partial charge in [0.1, 0.15) is 24.9 Å². The Kier molecular flexibility index (Phi) is 2.56. The lowest BCUT2D eigenvalue weighted by Crippen LogP contribution is -2.25. The summed E-state index contributed by atoms with van der Waals surface area (Å²) in [6, 6.07) is 0. The summed E-state index contributed by atoms with van der Waals surface area (Å²) in [5, 5.41) is 25.7. The number of aliphatic hydroxyl groups is 3. The van der Waals surface area contributed by atoms with Crippen molar-refractivity contribution < 1.29 is 24.9 Å². The van der Waals surface area contributed by atoms with Crippen LogP contribution in [-0.4, -0.2) is 52.6 Å². The molecule has 0 radical (unpaired) electrons. The first-order valence-electron chi connectivity index (χ1n) is 3.28. The molecule has 3 N–H and O–H groups in total. The van der Waals surface area contributed by atoms with Gasteiger partial charge in [0.05, 0.1) is 6.61 Å². The zero-order valence-corrected chi connectivity index (χ0v) is 5.80. The lowest BCUT2D eigenvalue weighted by atomic mass is 10.1. The first-order valence-corrected chi connectivity index (χ1v) is 3.28. The molecular formula is C6H10O5. The third-order valence-electron chi connectivity index (χ3n) is 1.56. The van der Waals surface area contributed by atoms with Gasteiger partial charge in [-0.3, -0.25) is 4.79 Å². The molecule has 0 amide bonds. The molecule has 1 aliphatic rings. The summed E-state index contributed by atoms with van der Waals surface area (Å²) in [4.78, 5) is 10.6. The van der Waals surface area contributed by atoms with Crippen molar-refractivity contribution in [1.82, 2.24) is 0 Å². The van der Waals surface area contributed by atoms with Gasteiger partial charge in [-0.25, -0.2) is 0 Å². The van der Waals surface area contributed by atoms with E-state index >= 15 is 0 Å². The average Bonchev–Trinajstić information content (AvgIpc) is 2.80. The molecule has 0 aromatic rings. The predicted molar refractivity (Wildman–Crippen MR) is 33.8 cm³/mol. The minimum atomic E-state index is -1.02. The first-order chi connectivity index (χ1) is 5.20. The summed E-state index contributed by atoms with van der Waals surface area (Å²) in [5.41, 5.74) is 0. The highest BCUT2D eigenvalue weighted by atomic mass is 16.6. The van der Waals surface area contributed by atoms with E-state index < -0.39 is 37.3 Å². The SMILES string of the molecule is O=C(CO)C1OC1[C@H](O)CO. The number of hydrogen-bond acceptors (Lipinski definition) is 5. The van der Waals surface area contributed by atoms with E-state index in [0.29, 0.717) is 0 Å². The van der Waals surface area contributed by atoms with Crippen LogP contribution in [0.2, 0.25) is 0 Å². The van der Waals surface area contributed by atoms with Gasteiger partial charge in [0.25, 0.3) is 0 Å². The van der Waals surface area contributed by atoms with E-state index in [-0.39, 0.29) is 0 Å². The number of ketones is 1. The molecule has 1 saturated heterocycles. The molecule has 1 aliphatic heterocycles. The molecule has 2 unspecified atom stereocenters. The number of epoxide rings is 1. The summed E-state index contributed by atoms with van der Waals surface area (Å²) in [5.74, 6) is -0.456. The van der Waals surface area contributed by atoms with Crippen molar-refractivity contribution in [2.45, 2.75) is 18.3 Å². The Balaban J connectivity index is 2.31. The van der Waals surface area contributed by atoms with E-state index in [1.54, 1.807) is 0 Å². The summed E-state index contributed by atoms with van der Waals surface area (Å²) >= 11 is 0. The van der Waals surface area contributed by atoms with E-state index in [2.05, 4.69) is 0 Å². The summed E-state index contributed by atoms with van der Waals surface area (Å²) in [6.07, 6.45) is -2.36. The first kappa shape index (κ1) is 8.61. The molecular weight excluding hydrogens is 152 g/mol. The number of aliphatic hydroxyl groups excluding tert-OH is 3. The van der Waals surface area contributed by atoms with Crippen molar-refractivity contribution in [3.8, 4) is 0 Å². The molecule has 5 nitrogen and oxygen atoms in total. The standard InChI is InChI=1S/C6H10O5/c7-1-3(9)5-6(11-5)4(10)2-8/h3,5-9H,1-2H2/t3-,5?,6?/m1/s1. The van der Waals surface area contributed by atoms with Gasteiger partial charge in [0, 0.05) is 0 Å². The Labute approximate surface area is 63.2 Å². The molecule has 64 valence electrons. The number of hydrogen-bond donors (Lipinski definition) is 3. The van der Waals surface area contributed by atoms with Gasteiger partial charge in [-0.15, -0.1) is 0 Å². The molecule has 11 heavy (non-hydrogen) atoms. The summed E-state index contributed by atoms with van der Waals surface area (Å²) in [6.45, 7) is -1.01. The van der Waals surface area contributed by atoms with Crippen molar-refractivity contribution >= 4 is 5.78 Å². The molecule has 1 fully saturated rings. The lowest BCUT2D eigenvalue weighted by Gasteiger charge is -1.99. The normalized spacial score (nSPS) is 31.5. The quantitative estimate of drug-likeness (QED) is 0.403. The van der Waals surface area contributed by atoms with Crippen molar-refractivity contribution in [2.75, 3.05) is 13.2 Å². The molecule has 3 atom stereocenters. The van der Waals surface area contributed by atoms with Gasteiger partial charge >= 0.3 is 0 Å². The third-order valence-corrected chi connectivity index (χ3v) is 1.56. The van der Waals surface area contributed by atoms with Crippen molar-refractivity contribution in [3.05, 3.63) is 0 Å². The Morgan fingerprint density at radius 1 is 1.55 bits per heavy atom. The van der Waals surface area contributed by atoms with Crippen LogP contribution in [0.15, 0.2) is 0 Å². The number of rotatable bonds is 4. The zero-order valence-electron chi connectivity index (χ0n) is 5.80. The van der Waals surface area contributed by atoms with Gasteiger partial charge in [-0.05, 0) is 0 Å². The van der Waals surface area contributed by atoms with E-state index in [1.165, 1.54) is 0 Å². The van der Waals surface area contributed by atoms with Crippen LogP contribution in [0.3, 0.4) is 0 Å². The number of carbonyl (C=O) groups is 1. The Hall–Kier alpha value is -0.490. The van der Waals surface area contributed by atoms with E-state index in [4.69, 9.17) is 20.1 Å². The average molecular weight is 162 g/mol. The van der Waals surface area contributed by atoms with Crippen LogP contribution < -0.4 is 0 Å². The highest BCUT2D eigenvalue weighted by Crippen LogP contribution is 2.25. The summed E-state index contributed by atoms with van der Waals surface area (Å²) < 4.78 is 4.70. The number of Topliss-reactive ketones (excluding diaryl/α,β-unsaturated/α-hetero) is 1. The van der Waals surface area contributed by atoms with E-state index in [1.807, 2.05) is 0 Å². The van der Waals surface area contributed by atoms with Crippen molar-refractivity contribution in [2.24, 2.45) is 0 Å². The van der Waals surface area contributed by atoms with Gasteiger partial charge in [0.2, 0.25) is 0 Å². The Morgan fingerprint density at radius 3 is 2.64 bits per heavy atom. The maximum absolute atomic E-state index is 10.6. The number of carbonyl (C=O) groups excluding carboxylic acids is 1. The van der Waals surface area contributed by atoms with Gasteiger partial charge in [0.15, 0.2) is 5.78 Å². The highest BCUT2D eigenvalue weighted by Gasteiger charge is 2.48. The molecule has 5 heteroatoms. The fourth-order valence-corrected chi connectivity index (χ4v) is 0.869. The Morgan fingerprint density at radius 2 is 2.18 bits per heavy atom. The molecule has 0 aromatic heterocycles. The molecule has 1 rings (SSSR count). The zero-order chi connectivity index (χ0) is 8.43. The van der Waals surface area contributed by atoms with Crippen molar-refractivity contribution in [1.29, 1.82) is 0 Å². The molecule has 1 heterocycles. The molecule has 0 saturated carbocycles. The minimum Gasteiger partial charge on any atom is -0.394 e. The van der Waals surface area contributed by atoms with Crippen LogP contribution in [0, 0.1) is 0 Å². The van der Waals surface area contributed by atoms with Crippen LogP contribution >= 0.6 is 0 Å². The minimum absolute atomic E-state index is 0.431. The van der Waals surface area contributed by atoms with Crippen molar-refractivity contribution in [3.63, 3.8) is 0 Å². The maximum atomic E-state index is 10.6. The Bertz CT molecular complexity index is 157. The van der Waals surface area contributed by atoms with Crippen LogP contribution in [0.4, 0.5) is 0 Å². The largest absolute Gasteiger partial charge is 0.394 e. The van der Waals surface area contributed by atoms with Crippen LogP contribution in [0.25, 0.3) is 0 Å². The maximum Gasteiger partial charge on any atom is 0.189 e. The molecule has 0 bridgehead atoms. The topological polar surface area (TPSA) is 90.3 Å². The lowest BCUT2D eigenvalue weighted by molar-refractivity contribution is -0.122. The van der Waals surface area contributed by atoms with Gasteiger partial charge < -0.3 is 20.1 Å². The van der Waals surface area contributed by atoms with E-state index in [9.17, 15) is 4.79 Å². The molecule has 0 spiro atoms. The molecule has 0 aliphatic carbocycles. The van der Waals surface area contributed by atoms with Crippen LogP contribution in [0.5, 0.6) is 0 Å².